The van der Waals surface area contributed by atoms with Crippen molar-refractivity contribution in [2.24, 2.45) is 55.4 Å². The van der Waals surface area contributed by atoms with Gasteiger partial charge in [0.2, 0.25) is 0 Å². The number of carbonyl (C=O) groups excluding carboxylic acids is 2. The van der Waals surface area contributed by atoms with Crippen LogP contribution >= 0.6 is 0 Å². The molecule has 5 heteroatoms. The number of ketones is 1. The molecule has 5 rings (SSSR count). The van der Waals surface area contributed by atoms with Crippen molar-refractivity contribution in [1.29, 1.82) is 0 Å². The lowest BCUT2D eigenvalue weighted by molar-refractivity contribution is -0.176. The van der Waals surface area contributed by atoms with Crippen LogP contribution < -0.4 is 0 Å². The molecule has 4 fully saturated rings. The Morgan fingerprint density at radius 1 is 1.00 bits per heavy atom. The molecule has 0 spiro atoms. The summed E-state index contributed by atoms with van der Waals surface area (Å²) in [4.78, 5) is 33.1. The number of methoxy groups -OCH3 is 1. The second kappa shape index (κ2) is 9.18. The van der Waals surface area contributed by atoms with E-state index in [4.69, 9.17) is 9.57 Å². The van der Waals surface area contributed by atoms with E-state index in [1.54, 1.807) is 0 Å². The van der Waals surface area contributed by atoms with E-state index in [-0.39, 0.29) is 44.9 Å². The maximum atomic E-state index is 14.5. The Morgan fingerprint density at radius 2 is 1.69 bits per heavy atom. The summed E-state index contributed by atoms with van der Waals surface area (Å²) in [5, 5.41) is 4.64. The predicted octanol–water partition coefficient (Wildman–Crippen LogP) is 7.92. The molecule has 218 valence electrons. The second-order valence-corrected chi connectivity index (χ2v) is 15.8. The number of fused-ring (bicyclic) bond motifs is 7. The number of rotatable bonds is 4. The van der Waals surface area contributed by atoms with E-state index in [9.17, 15) is 9.59 Å². The molecule has 0 N–H and O–H groups in total. The lowest BCUT2D eigenvalue weighted by Crippen LogP contribution is -2.66. The Hall–Kier alpha value is -1.65. The van der Waals surface area contributed by atoms with Crippen molar-refractivity contribution < 1.29 is 19.2 Å². The van der Waals surface area contributed by atoms with Gasteiger partial charge in [-0.3, -0.25) is 9.59 Å². The third kappa shape index (κ3) is 3.86. The Morgan fingerprint density at radius 3 is 2.36 bits per heavy atom. The predicted molar refractivity (Wildman–Crippen MR) is 155 cm³/mol. The highest BCUT2D eigenvalue weighted by Gasteiger charge is 2.70. The molecule has 5 aliphatic rings. The van der Waals surface area contributed by atoms with Crippen molar-refractivity contribution in [3.05, 3.63) is 11.6 Å². The SMILES string of the molecule is CCCO/N=C1\CC[C@]2(C)C3C(=O)C=C4[C@@H]5C[C@](C)(C(=O)OC)CC[C@]5(C)CC[C@@]4(C)[C@]3(C)CC[C@H]2C1(C)C. The minimum absolute atomic E-state index is 0.00910. The summed E-state index contributed by atoms with van der Waals surface area (Å²) in [6, 6.07) is 0. The van der Waals surface area contributed by atoms with Gasteiger partial charge in [0.15, 0.2) is 5.78 Å². The fraction of sp³-hybridized carbons (Fsp3) is 0.853. The standard InChI is InChI=1S/C34H53NO4/c1-10-19-39-35-26-12-13-32(6)25(29(26,2)3)11-14-34(8)27(32)24(36)20-22-23-21-31(5,28(37)38-9)16-15-30(23,4)17-18-33(22,34)7/h20,23,25,27H,10-19,21H2,1-9H3/b35-26+/t23-,25-,27?,30+,31+,32-,33+,34+/m0/s1. The van der Waals surface area contributed by atoms with E-state index in [0.717, 1.165) is 64.2 Å². The molecule has 5 nitrogen and oxygen atoms in total. The first-order chi connectivity index (χ1) is 18.1. The number of allylic oxidation sites excluding steroid dienone is 2. The number of esters is 1. The molecule has 4 saturated carbocycles. The number of hydrogen-bond donors (Lipinski definition) is 0. The topological polar surface area (TPSA) is 65.0 Å². The van der Waals surface area contributed by atoms with E-state index >= 15 is 0 Å². The van der Waals surface area contributed by atoms with Crippen molar-refractivity contribution in [3.63, 3.8) is 0 Å². The highest BCUT2D eigenvalue weighted by Crippen LogP contribution is 2.75. The molecule has 0 heterocycles. The summed E-state index contributed by atoms with van der Waals surface area (Å²) in [6.45, 7) is 19.3. The van der Waals surface area contributed by atoms with Crippen LogP contribution in [0.2, 0.25) is 0 Å². The Balaban J connectivity index is 1.55. The van der Waals surface area contributed by atoms with Crippen LogP contribution in [0.1, 0.15) is 120 Å². The van der Waals surface area contributed by atoms with Crippen LogP contribution in [0.4, 0.5) is 0 Å². The largest absolute Gasteiger partial charge is 0.469 e. The number of hydrogen-bond acceptors (Lipinski definition) is 5. The minimum Gasteiger partial charge on any atom is -0.469 e. The zero-order valence-electron chi connectivity index (χ0n) is 26.2. The molecule has 0 aromatic carbocycles. The normalized spacial score (nSPS) is 47.7. The summed E-state index contributed by atoms with van der Waals surface area (Å²) in [5.74, 6) is 0.898. The highest BCUT2D eigenvalue weighted by molar-refractivity contribution is 5.97. The number of nitrogens with zero attached hydrogens (tertiary/aromatic N) is 1. The molecule has 0 aromatic heterocycles. The van der Waals surface area contributed by atoms with Gasteiger partial charge in [-0.05, 0) is 111 Å². The zero-order valence-corrected chi connectivity index (χ0v) is 26.2. The molecule has 0 aromatic rings. The van der Waals surface area contributed by atoms with Gasteiger partial charge in [0, 0.05) is 11.3 Å². The summed E-state index contributed by atoms with van der Waals surface area (Å²) >= 11 is 0. The average Bonchev–Trinajstić information content (AvgIpc) is 2.87. The molecule has 5 aliphatic carbocycles. The van der Waals surface area contributed by atoms with Gasteiger partial charge in [-0.2, -0.15) is 0 Å². The number of carbonyl (C=O) groups is 2. The van der Waals surface area contributed by atoms with Gasteiger partial charge in [-0.25, -0.2) is 0 Å². The van der Waals surface area contributed by atoms with Crippen molar-refractivity contribution in [1.82, 2.24) is 0 Å². The molecule has 0 radical (unpaired) electrons. The molecule has 0 saturated heterocycles. The zero-order chi connectivity index (χ0) is 28.6. The van der Waals surface area contributed by atoms with Crippen molar-refractivity contribution in [2.45, 2.75) is 120 Å². The monoisotopic (exact) mass is 539 g/mol. The van der Waals surface area contributed by atoms with Crippen LogP contribution in [-0.2, 0) is 19.2 Å². The van der Waals surface area contributed by atoms with Crippen LogP contribution in [0.25, 0.3) is 0 Å². The summed E-state index contributed by atoms with van der Waals surface area (Å²) in [7, 11) is 1.51. The van der Waals surface area contributed by atoms with Gasteiger partial charge in [0.25, 0.3) is 0 Å². The van der Waals surface area contributed by atoms with Crippen molar-refractivity contribution in [2.75, 3.05) is 13.7 Å². The maximum Gasteiger partial charge on any atom is 0.311 e. The van der Waals surface area contributed by atoms with Gasteiger partial charge in [0.1, 0.15) is 6.61 Å². The van der Waals surface area contributed by atoms with Gasteiger partial charge < -0.3 is 9.57 Å². The van der Waals surface area contributed by atoms with E-state index in [1.165, 1.54) is 18.4 Å². The van der Waals surface area contributed by atoms with Crippen LogP contribution in [0.3, 0.4) is 0 Å². The molecular weight excluding hydrogens is 486 g/mol. The van der Waals surface area contributed by atoms with E-state index in [2.05, 4.69) is 66.6 Å². The first-order valence-corrected chi connectivity index (χ1v) is 15.7. The Labute approximate surface area is 236 Å². The molecule has 8 atom stereocenters. The maximum absolute atomic E-state index is 14.5. The fourth-order valence-electron chi connectivity index (χ4n) is 10.8. The van der Waals surface area contributed by atoms with E-state index < -0.39 is 5.41 Å². The van der Waals surface area contributed by atoms with E-state index in [0.29, 0.717) is 18.3 Å². The van der Waals surface area contributed by atoms with Crippen LogP contribution in [-0.4, -0.2) is 31.2 Å². The van der Waals surface area contributed by atoms with Crippen LogP contribution in [0, 0.1) is 50.2 Å². The molecule has 0 aliphatic heterocycles. The quantitative estimate of drug-likeness (QED) is 0.207. The van der Waals surface area contributed by atoms with Crippen LogP contribution in [0.15, 0.2) is 16.8 Å². The third-order valence-corrected chi connectivity index (χ3v) is 13.5. The van der Waals surface area contributed by atoms with Gasteiger partial charge in [0.05, 0.1) is 18.2 Å². The van der Waals surface area contributed by atoms with Gasteiger partial charge in [-0.1, -0.05) is 59.2 Å². The summed E-state index contributed by atoms with van der Waals surface area (Å²) < 4.78 is 5.28. The number of ether oxygens (including phenoxy) is 1. The molecular formula is C34H53NO4. The molecule has 0 amide bonds. The van der Waals surface area contributed by atoms with Crippen LogP contribution in [0.5, 0.6) is 0 Å². The molecule has 39 heavy (non-hydrogen) atoms. The first-order valence-electron chi connectivity index (χ1n) is 15.7. The lowest BCUT2D eigenvalue weighted by atomic mass is 9.33. The van der Waals surface area contributed by atoms with Gasteiger partial charge >= 0.3 is 5.97 Å². The molecule has 1 unspecified atom stereocenters. The smallest absolute Gasteiger partial charge is 0.311 e. The van der Waals surface area contributed by atoms with Crippen molar-refractivity contribution in [3.8, 4) is 0 Å². The molecule has 0 bridgehead atoms. The van der Waals surface area contributed by atoms with E-state index in [1.807, 2.05) is 0 Å². The first kappa shape index (κ1) is 28.9. The summed E-state index contributed by atoms with van der Waals surface area (Å²) in [5.41, 5.74) is 1.88. The fourth-order valence-corrected chi connectivity index (χ4v) is 10.8. The Kier molecular flexibility index (Phi) is 6.79. The summed E-state index contributed by atoms with van der Waals surface area (Å²) in [6.07, 6.45) is 12.1. The lowest BCUT2D eigenvalue weighted by Gasteiger charge is -2.70. The Bertz CT molecular complexity index is 1110. The third-order valence-electron chi connectivity index (χ3n) is 13.5. The van der Waals surface area contributed by atoms with Crippen molar-refractivity contribution >= 4 is 17.5 Å². The second-order valence-electron chi connectivity index (χ2n) is 15.8. The highest BCUT2D eigenvalue weighted by atomic mass is 16.6. The number of oxime groups is 1. The van der Waals surface area contributed by atoms with Gasteiger partial charge in [-0.15, -0.1) is 0 Å². The minimum atomic E-state index is -0.481. The average molecular weight is 540 g/mol.